The quantitative estimate of drug-likeness (QED) is 0.481. The Balaban J connectivity index is 1.68. The van der Waals surface area contributed by atoms with Crippen molar-refractivity contribution < 1.29 is 24.2 Å². The first kappa shape index (κ1) is 26.2. The van der Waals surface area contributed by atoms with E-state index in [4.69, 9.17) is 4.74 Å². The topological polar surface area (TPSA) is 99.2 Å². The van der Waals surface area contributed by atoms with Crippen LogP contribution >= 0.6 is 0 Å². The van der Waals surface area contributed by atoms with Crippen LogP contribution in [0.3, 0.4) is 0 Å². The normalized spacial score (nSPS) is 13.1. The fourth-order valence-corrected chi connectivity index (χ4v) is 4.42. The molecule has 0 aliphatic heterocycles. The zero-order chi connectivity index (χ0) is 25.4. The fraction of sp³-hybridized carbons (Fsp3) is 0.444. The minimum Gasteiger partial charge on any atom is -0.480 e. The molecule has 0 aromatic heterocycles. The summed E-state index contributed by atoms with van der Waals surface area (Å²) in [6.45, 7) is 2.50. The van der Waals surface area contributed by atoms with Crippen molar-refractivity contribution in [3.05, 3.63) is 59.7 Å². The molecule has 0 fully saturated rings. The van der Waals surface area contributed by atoms with Crippen LogP contribution < -0.4 is 5.32 Å². The van der Waals surface area contributed by atoms with Crippen LogP contribution in [-0.2, 0) is 14.3 Å². The predicted molar refractivity (Wildman–Crippen MR) is 134 cm³/mol. The number of amides is 2. The molecular weight excluding hydrogens is 446 g/mol. The molecule has 1 atom stereocenters. The fourth-order valence-electron chi connectivity index (χ4n) is 4.42. The van der Waals surface area contributed by atoms with Gasteiger partial charge in [0.25, 0.3) is 0 Å². The van der Waals surface area contributed by atoms with Crippen LogP contribution in [0.5, 0.6) is 0 Å². The number of alkyl carbamates (subject to hydrolysis) is 1. The average molecular weight is 482 g/mol. The van der Waals surface area contributed by atoms with Gasteiger partial charge >= 0.3 is 12.1 Å². The Morgan fingerprint density at radius 1 is 1.00 bits per heavy atom. The van der Waals surface area contributed by atoms with Crippen LogP contribution in [0.4, 0.5) is 4.79 Å². The number of carbonyl (C=O) groups excluding carboxylic acids is 2. The maximum atomic E-state index is 13.2. The number of rotatable bonds is 12. The number of likely N-dealkylation sites (N-methyl/N-ethyl adjacent to an activating group) is 1. The van der Waals surface area contributed by atoms with E-state index in [1.807, 2.05) is 62.3 Å². The van der Waals surface area contributed by atoms with Crippen molar-refractivity contribution in [2.75, 3.05) is 40.3 Å². The summed E-state index contributed by atoms with van der Waals surface area (Å²) >= 11 is 0. The Kier molecular flexibility index (Phi) is 9.25. The highest BCUT2D eigenvalue weighted by molar-refractivity contribution is 5.88. The summed E-state index contributed by atoms with van der Waals surface area (Å²) in [7, 11) is 3.71. The molecule has 0 bridgehead atoms. The van der Waals surface area contributed by atoms with E-state index in [0.29, 0.717) is 19.4 Å². The zero-order valence-corrected chi connectivity index (χ0v) is 20.7. The molecule has 1 aliphatic carbocycles. The molecule has 35 heavy (non-hydrogen) atoms. The number of hydrogen-bond donors (Lipinski definition) is 2. The Labute approximate surface area is 206 Å². The van der Waals surface area contributed by atoms with Gasteiger partial charge in [0.15, 0.2) is 0 Å². The molecule has 2 aromatic rings. The second-order valence-electron chi connectivity index (χ2n) is 9.12. The standard InChI is InChI=1S/C27H35N3O5/c1-4-5-14-24(26(33)30(17-25(31)32)16-15-29(2)3)28-27(34)35-18-23-21-12-8-6-10-19(21)20-11-7-9-13-22(20)23/h6-13,23-24H,4-5,14-18H2,1-3H3,(H,28,34)(H,31,32). The summed E-state index contributed by atoms with van der Waals surface area (Å²) in [5, 5.41) is 12.0. The molecule has 1 aliphatic rings. The Morgan fingerprint density at radius 3 is 2.14 bits per heavy atom. The highest BCUT2D eigenvalue weighted by Gasteiger charge is 2.31. The number of carboxylic acid groups (broad SMARTS) is 1. The molecule has 3 rings (SSSR count). The minimum atomic E-state index is -1.09. The van der Waals surface area contributed by atoms with Crippen molar-refractivity contribution in [1.29, 1.82) is 0 Å². The number of carboxylic acids is 1. The van der Waals surface area contributed by atoms with Gasteiger partial charge in [-0.2, -0.15) is 0 Å². The van der Waals surface area contributed by atoms with Gasteiger partial charge in [-0.25, -0.2) is 4.79 Å². The summed E-state index contributed by atoms with van der Waals surface area (Å²) in [4.78, 5) is 40.5. The Bertz CT molecular complexity index is 993. The van der Waals surface area contributed by atoms with Crippen molar-refractivity contribution in [3.8, 4) is 11.1 Å². The SMILES string of the molecule is CCCCC(NC(=O)OCC1c2ccccc2-c2ccccc21)C(=O)N(CCN(C)C)CC(=O)O. The summed E-state index contributed by atoms with van der Waals surface area (Å²) in [5.41, 5.74) is 4.49. The van der Waals surface area contributed by atoms with Gasteiger partial charge in [0.2, 0.25) is 5.91 Å². The van der Waals surface area contributed by atoms with E-state index in [1.54, 1.807) is 0 Å². The third-order valence-electron chi connectivity index (χ3n) is 6.24. The van der Waals surface area contributed by atoms with Gasteiger partial charge in [-0.3, -0.25) is 9.59 Å². The van der Waals surface area contributed by atoms with Gasteiger partial charge in [-0.1, -0.05) is 68.3 Å². The van der Waals surface area contributed by atoms with E-state index in [0.717, 1.165) is 28.7 Å². The van der Waals surface area contributed by atoms with Crippen LogP contribution in [0.15, 0.2) is 48.5 Å². The summed E-state index contributed by atoms with van der Waals surface area (Å²) in [6, 6.07) is 15.3. The lowest BCUT2D eigenvalue weighted by molar-refractivity contribution is -0.145. The molecule has 0 heterocycles. The molecule has 2 N–H and O–H groups in total. The van der Waals surface area contributed by atoms with Gasteiger partial charge in [0, 0.05) is 19.0 Å². The third kappa shape index (κ3) is 6.82. The van der Waals surface area contributed by atoms with Crippen molar-refractivity contribution in [2.24, 2.45) is 0 Å². The number of nitrogens with zero attached hydrogens (tertiary/aromatic N) is 2. The van der Waals surface area contributed by atoms with Crippen molar-refractivity contribution in [1.82, 2.24) is 15.1 Å². The van der Waals surface area contributed by atoms with Crippen molar-refractivity contribution in [3.63, 3.8) is 0 Å². The van der Waals surface area contributed by atoms with E-state index >= 15 is 0 Å². The lowest BCUT2D eigenvalue weighted by atomic mass is 9.98. The highest BCUT2D eigenvalue weighted by atomic mass is 16.5. The van der Waals surface area contributed by atoms with Gasteiger partial charge in [0.05, 0.1) is 0 Å². The Hall–Kier alpha value is -3.39. The number of ether oxygens (including phenoxy) is 1. The number of aliphatic carboxylic acids is 1. The van der Waals surface area contributed by atoms with E-state index < -0.39 is 30.6 Å². The zero-order valence-electron chi connectivity index (χ0n) is 20.7. The molecule has 0 spiro atoms. The van der Waals surface area contributed by atoms with E-state index in [2.05, 4.69) is 17.4 Å². The molecule has 0 saturated heterocycles. The van der Waals surface area contributed by atoms with Crippen LogP contribution in [0, 0.1) is 0 Å². The summed E-state index contributed by atoms with van der Waals surface area (Å²) < 4.78 is 5.61. The molecule has 188 valence electrons. The number of hydrogen-bond acceptors (Lipinski definition) is 5. The van der Waals surface area contributed by atoms with Crippen LogP contribution in [0.1, 0.15) is 43.2 Å². The maximum absolute atomic E-state index is 13.2. The molecule has 8 heteroatoms. The molecule has 0 saturated carbocycles. The van der Waals surface area contributed by atoms with E-state index in [-0.39, 0.29) is 19.1 Å². The van der Waals surface area contributed by atoms with Crippen molar-refractivity contribution >= 4 is 18.0 Å². The van der Waals surface area contributed by atoms with Gasteiger partial charge < -0.3 is 25.0 Å². The first-order chi connectivity index (χ1) is 16.8. The predicted octanol–water partition coefficient (Wildman–Crippen LogP) is 3.56. The van der Waals surface area contributed by atoms with E-state index in [9.17, 15) is 19.5 Å². The van der Waals surface area contributed by atoms with Crippen LogP contribution in [0.25, 0.3) is 11.1 Å². The average Bonchev–Trinajstić information content (AvgIpc) is 3.16. The minimum absolute atomic E-state index is 0.0819. The number of benzene rings is 2. The van der Waals surface area contributed by atoms with Gasteiger partial charge in [0.1, 0.15) is 19.2 Å². The monoisotopic (exact) mass is 481 g/mol. The molecule has 2 amide bonds. The maximum Gasteiger partial charge on any atom is 0.407 e. The summed E-state index contributed by atoms with van der Waals surface area (Å²) in [6.07, 6.45) is 1.29. The largest absolute Gasteiger partial charge is 0.480 e. The highest BCUT2D eigenvalue weighted by Crippen LogP contribution is 2.44. The molecule has 8 nitrogen and oxygen atoms in total. The first-order valence-corrected chi connectivity index (χ1v) is 12.1. The lowest BCUT2D eigenvalue weighted by Crippen LogP contribution is -2.51. The summed E-state index contributed by atoms with van der Waals surface area (Å²) in [5.74, 6) is -1.58. The molecular formula is C27H35N3O5. The molecule has 2 aromatic carbocycles. The smallest absolute Gasteiger partial charge is 0.407 e. The first-order valence-electron chi connectivity index (χ1n) is 12.1. The third-order valence-corrected chi connectivity index (χ3v) is 6.24. The molecule has 1 unspecified atom stereocenters. The van der Waals surface area contributed by atoms with Gasteiger partial charge in [-0.05, 0) is 42.8 Å². The van der Waals surface area contributed by atoms with E-state index in [1.165, 1.54) is 4.90 Å². The molecule has 0 radical (unpaired) electrons. The Morgan fingerprint density at radius 2 is 1.60 bits per heavy atom. The van der Waals surface area contributed by atoms with Crippen molar-refractivity contribution in [2.45, 2.75) is 38.1 Å². The number of unbranched alkanes of at least 4 members (excludes halogenated alkanes) is 1. The second-order valence-corrected chi connectivity index (χ2v) is 9.12. The van der Waals surface area contributed by atoms with Gasteiger partial charge in [-0.15, -0.1) is 0 Å². The van der Waals surface area contributed by atoms with Crippen LogP contribution in [-0.4, -0.2) is 79.3 Å². The number of nitrogens with one attached hydrogen (secondary N) is 1. The number of fused-ring (bicyclic) bond motifs is 3. The second kappa shape index (κ2) is 12.4. The van der Waals surface area contributed by atoms with Crippen LogP contribution in [0.2, 0.25) is 0 Å². The lowest BCUT2D eigenvalue weighted by Gasteiger charge is -2.27. The number of carbonyl (C=O) groups is 3.